The Balaban J connectivity index is 2.70. The number of hydrogen-bond donors (Lipinski definition) is 1. The van der Waals surface area contributed by atoms with Gasteiger partial charge in [0.2, 0.25) is 5.91 Å². The molecule has 0 aromatic rings. The van der Waals surface area contributed by atoms with Crippen LogP contribution in [0.15, 0.2) is 0 Å². The molecule has 0 aromatic heterocycles. The molecule has 88 valence electrons. The van der Waals surface area contributed by atoms with Crippen LogP contribution in [0.3, 0.4) is 0 Å². The Morgan fingerprint density at radius 3 is 2.53 bits per heavy atom. The number of nitrogens with zero attached hydrogens (tertiary/aromatic N) is 1. The lowest BCUT2D eigenvalue weighted by atomic mass is 10.0. The highest BCUT2D eigenvalue weighted by Crippen LogP contribution is 2.28. The molecule has 1 saturated heterocycles. The van der Waals surface area contributed by atoms with E-state index in [0.717, 1.165) is 25.9 Å². The first-order chi connectivity index (χ1) is 7.04. The summed E-state index contributed by atoms with van der Waals surface area (Å²) in [6, 6.07) is 0. The van der Waals surface area contributed by atoms with E-state index in [9.17, 15) is 9.00 Å². The molecule has 1 unspecified atom stereocenters. The van der Waals surface area contributed by atoms with Crippen LogP contribution < -0.4 is 5.73 Å². The summed E-state index contributed by atoms with van der Waals surface area (Å²) in [6.07, 6.45) is 1.79. The van der Waals surface area contributed by atoms with Gasteiger partial charge >= 0.3 is 0 Å². The predicted octanol–water partition coefficient (Wildman–Crippen LogP) is 0.0948. The maximum atomic E-state index is 12.0. The summed E-state index contributed by atoms with van der Waals surface area (Å²) in [4.78, 5) is 12.9. The summed E-state index contributed by atoms with van der Waals surface area (Å²) in [5.74, 6) is 0.360. The fraction of sp³-hybridized carbons (Fsp3) is 0.900. The second-order valence-electron chi connectivity index (χ2n) is 4.12. The van der Waals surface area contributed by atoms with Crippen molar-refractivity contribution in [2.75, 3.05) is 25.4 Å². The van der Waals surface area contributed by atoms with E-state index >= 15 is 0 Å². The smallest absolute Gasteiger partial charge is 0.231 e. The maximum absolute atomic E-state index is 12.0. The largest absolute Gasteiger partial charge is 0.369 e. The van der Waals surface area contributed by atoms with Crippen molar-refractivity contribution in [1.29, 1.82) is 0 Å². The fourth-order valence-electron chi connectivity index (χ4n) is 2.14. The number of amides is 1. The van der Waals surface area contributed by atoms with E-state index < -0.39 is 10.8 Å². The molecule has 1 rings (SSSR count). The normalized spacial score (nSPS) is 26.4. The van der Waals surface area contributed by atoms with Crippen LogP contribution in [0.2, 0.25) is 0 Å². The summed E-state index contributed by atoms with van der Waals surface area (Å²) in [5.41, 5.74) is 5.17. The average molecular weight is 232 g/mol. The Kier molecular flexibility index (Phi) is 4.28. The third-order valence-electron chi connectivity index (χ3n) is 3.26. The van der Waals surface area contributed by atoms with Gasteiger partial charge < -0.3 is 5.73 Å². The van der Waals surface area contributed by atoms with Gasteiger partial charge in [0.25, 0.3) is 0 Å². The first kappa shape index (κ1) is 12.6. The van der Waals surface area contributed by atoms with Crippen LogP contribution in [0.4, 0.5) is 0 Å². The zero-order chi connectivity index (χ0) is 11.5. The van der Waals surface area contributed by atoms with E-state index in [4.69, 9.17) is 5.73 Å². The highest BCUT2D eigenvalue weighted by Gasteiger charge is 2.38. The predicted molar refractivity (Wildman–Crippen MR) is 62.0 cm³/mol. The van der Waals surface area contributed by atoms with E-state index in [-0.39, 0.29) is 10.7 Å². The highest BCUT2D eigenvalue weighted by molar-refractivity contribution is 7.86. The second-order valence-corrected chi connectivity index (χ2v) is 6.08. The Hall–Kier alpha value is -0.420. The molecular formula is C10H20N2O2S. The SMILES string of the molecule is CCC1(CC)CN(CC(N)=O)CCS1=O. The topological polar surface area (TPSA) is 63.4 Å². The molecule has 1 aliphatic rings. The number of hydrogen-bond acceptors (Lipinski definition) is 3. The number of nitrogens with two attached hydrogens (primary N) is 1. The van der Waals surface area contributed by atoms with Gasteiger partial charge in [-0.15, -0.1) is 0 Å². The molecule has 1 amide bonds. The molecule has 0 bridgehead atoms. The van der Waals surface area contributed by atoms with Crippen LogP contribution in [0, 0.1) is 0 Å². The van der Waals surface area contributed by atoms with Gasteiger partial charge in [0.05, 0.1) is 11.3 Å². The highest BCUT2D eigenvalue weighted by atomic mass is 32.2. The quantitative estimate of drug-likeness (QED) is 0.747. The molecule has 0 radical (unpaired) electrons. The summed E-state index contributed by atoms with van der Waals surface area (Å²) >= 11 is 0. The van der Waals surface area contributed by atoms with Crippen LogP contribution in [0.5, 0.6) is 0 Å². The zero-order valence-electron chi connectivity index (χ0n) is 9.49. The molecule has 0 aliphatic carbocycles. The maximum Gasteiger partial charge on any atom is 0.231 e. The monoisotopic (exact) mass is 232 g/mol. The molecule has 0 aromatic carbocycles. The molecule has 4 nitrogen and oxygen atoms in total. The Labute approximate surface area is 93.7 Å². The number of carbonyl (C=O) groups is 1. The van der Waals surface area contributed by atoms with Crippen molar-refractivity contribution < 1.29 is 9.00 Å². The standard InChI is InChI=1S/C10H20N2O2S/c1-3-10(4-2)8-12(7-9(11)13)5-6-15(10)14/h3-8H2,1-2H3,(H2,11,13). The van der Waals surface area contributed by atoms with Gasteiger partial charge in [0.15, 0.2) is 0 Å². The van der Waals surface area contributed by atoms with Crippen LogP contribution >= 0.6 is 0 Å². The molecule has 15 heavy (non-hydrogen) atoms. The lowest BCUT2D eigenvalue weighted by Gasteiger charge is -2.40. The van der Waals surface area contributed by atoms with Crippen molar-refractivity contribution in [3.05, 3.63) is 0 Å². The van der Waals surface area contributed by atoms with E-state index in [1.807, 2.05) is 4.90 Å². The Morgan fingerprint density at radius 1 is 1.47 bits per heavy atom. The van der Waals surface area contributed by atoms with Crippen molar-refractivity contribution in [3.63, 3.8) is 0 Å². The summed E-state index contributed by atoms with van der Waals surface area (Å²) in [6.45, 7) is 5.87. The van der Waals surface area contributed by atoms with Crippen LogP contribution in [0.1, 0.15) is 26.7 Å². The molecule has 0 spiro atoms. The van der Waals surface area contributed by atoms with Gasteiger partial charge in [-0.1, -0.05) is 13.8 Å². The number of carbonyl (C=O) groups excluding carboxylic acids is 1. The first-order valence-electron chi connectivity index (χ1n) is 5.43. The molecule has 1 heterocycles. The van der Waals surface area contributed by atoms with Gasteiger partial charge in [-0.2, -0.15) is 0 Å². The third-order valence-corrected chi connectivity index (χ3v) is 5.48. The van der Waals surface area contributed by atoms with E-state index in [1.54, 1.807) is 0 Å². The zero-order valence-corrected chi connectivity index (χ0v) is 10.3. The lowest BCUT2D eigenvalue weighted by molar-refractivity contribution is -0.119. The lowest BCUT2D eigenvalue weighted by Crippen LogP contribution is -2.54. The van der Waals surface area contributed by atoms with Crippen molar-refractivity contribution in [3.8, 4) is 0 Å². The van der Waals surface area contributed by atoms with Gasteiger partial charge in [0, 0.05) is 29.6 Å². The average Bonchev–Trinajstić information content (AvgIpc) is 2.20. The minimum Gasteiger partial charge on any atom is -0.369 e. The van der Waals surface area contributed by atoms with Crippen molar-refractivity contribution in [2.45, 2.75) is 31.4 Å². The van der Waals surface area contributed by atoms with E-state index in [0.29, 0.717) is 12.3 Å². The summed E-state index contributed by atoms with van der Waals surface area (Å²) < 4.78 is 11.8. The Bertz CT molecular complexity index is 264. The Morgan fingerprint density at radius 2 is 2.07 bits per heavy atom. The van der Waals surface area contributed by atoms with Gasteiger partial charge in [-0.3, -0.25) is 13.9 Å². The van der Waals surface area contributed by atoms with E-state index in [2.05, 4.69) is 13.8 Å². The van der Waals surface area contributed by atoms with E-state index in [1.165, 1.54) is 0 Å². The van der Waals surface area contributed by atoms with Gasteiger partial charge in [-0.25, -0.2) is 0 Å². The van der Waals surface area contributed by atoms with Crippen LogP contribution in [0.25, 0.3) is 0 Å². The van der Waals surface area contributed by atoms with Gasteiger partial charge in [0.1, 0.15) is 0 Å². The molecule has 1 fully saturated rings. The number of primary amides is 1. The fourth-order valence-corrected chi connectivity index (χ4v) is 3.97. The molecule has 5 heteroatoms. The molecule has 0 saturated carbocycles. The van der Waals surface area contributed by atoms with Crippen molar-refractivity contribution in [1.82, 2.24) is 4.90 Å². The summed E-state index contributed by atoms with van der Waals surface area (Å²) in [5, 5.41) is 0. The van der Waals surface area contributed by atoms with Crippen LogP contribution in [-0.2, 0) is 15.6 Å². The first-order valence-corrected chi connectivity index (χ1v) is 6.75. The minimum absolute atomic E-state index is 0.131. The number of rotatable bonds is 4. The second kappa shape index (κ2) is 5.07. The molecule has 2 N–H and O–H groups in total. The molecule has 1 atom stereocenters. The minimum atomic E-state index is -0.766. The van der Waals surface area contributed by atoms with Crippen molar-refractivity contribution >= 4 is 16.7 Å². The van der Waals surface area contributed by atoms with Gasteiger partial charge in [-0.05, 0) is 12.8 Å². The summed E-state index contributed by atoms with van der Waals surface area (Å²) in [7, 11) is -0.766. The third kappa shape index (κ3) is 2.78. The van der Waals surface area contributed by atoms with Crippen LogP contribution in [-0.4, -0.2) is 45.2 Å². The molecular weight excluding hydrogens is 212 g/mol. The molecule has 1 aliphatic heterocycles. The van der Waals surface area contributed by atoms with Crippen molar-refractivity contribution in [2.24, 2.45) is 5.73 Å².